The van der Waals surface area contributed by atoms with Crippen molar-refractivity contribution in [3.05, 3.63) is 34.3 Å². The third-order valence-electron chi connectivity index (χ3n) is 3.87. The van der Waals surface area contributed by atoms with Gasteiger partial charge in [-0.2, -0.15) is 0 Å². The summed E-state index contributed by atoms with van der Waals surface area (Å²) in [5.74, 6) is 1.23. The molecule has 1 aromatic carbocycles. The van der Waals surface area contributed by atoms with Crippen molar-refractivity contribution in [3.8, 4) is 0 Å². The largest absolute Gasteiger partial charge is 0.330 e. The third kappa shape index (κ3) is 1.68. The number of nitrogens with two attached hydrogens (primary N) is 1. The molecule has 0 aliphatic heterocycles. The van der Waals surface area contributed by atoms with Crippen LogP contribution >= 0.6 is 11.6 Å². The second kappa shape index (κ2) is 3.50. The molecule has 0 radical (unpaired) electrons. The summed E-state index contributed by atoms with van der Waals surface area (Å²) in [5.41, 5.74) is 8.85. The molecular weight excluding hydrogens is 206 g/mol. The van der Waals surface area contributed by atoms with E-state index in [-0.39, 0.29) is 0 Å². The minimum atomic E-state index is 0.355. The van der Waals surface area contributed by atoms with E-state index in [4.69, 9.17) is 17.3 Å². The van der Waals surface area contributed by atoms with Gasteiger partial charge in [0.1, 0.15) is 0 Å². The first kappa shape index (κ1) is 11.0. The van der Waals surface area contributed by atoms with Crippen molar-refractivity contribution in [2.75, 3.05) is 6.54 Å². The summed E-state index contributed by atoms with van der Waals surface area (Å²) in [6.45, 7) is 7.50. The normalized spacial score (nSPS) is 27.8. The topological polar surface area (TPSA) is 26.0 Å². The standard InChI is InChI=1S/C13H18ClN/c1-8-6-9(14)4-5-10(8)12-11(7-15)13(12,2)3/h4-6,11-12H,7,15H2,1-3H3/t11-,12-/m1/s1. The predicted molar refractivity (Wildman–Crippen MR) is 65.3 cm³/mol. The highest BCUT2D eigenvalue weighted by Gasteiger charge is 2.57. The fraction of sp³-hybridized carbons (Fsp3) is 0.538. The van der Waals surface area contributed by atoms with E-state index in [1.807, 2.05) is 12.1 Å². The summed E-state index contributed by atoms with van der Waals surface area (Å²) >= 11 is 5.96. The van der Waals surface area contributed by atoms with Crippen LogP contribution in [-0.2, 0) is 0 Å². The average molecular weight is 224 g/mol. The minimum absolute atomic E-state index is 0.355. The Kier molecular flexibility index (Phi) is 2.56. The van der Waals surface area contributed by atoms with Crippen molar-refractivity contribution in [2.24, 2.45) is 17.1 Å². The maximum absolute atomic E-state index is 5.96. The number of rotatable bonds is 2. The summed E-state index contributed by atoms with van der Waals surface area (Å²) in [4.78, 5) is 0. The lowest BCUT2D eigenvalue weighted by molar-refractivity contribution is 0.558. The van der Waals surface area contributed by atoms with Crippen molar-refractivity contribution in [3.63, 3.8) is 0 Å². The van der Waals surface area contributed by atoms with Crippen LogP contribution in [-0.4, -0.2) is 6.54 Å². The highest BCUT2D eigenvalue weighted by molar-refractivity contribution is 6.30. The molecule has 1 aliphatic carbocycles. The highest BCUT2D eigenvalue weighted by Crippen LogP contribution is 2.64. The lowest BCUT2D eigenvalue weighted by atomic mass is 9.99. The summed E-state index contributed by atoms with van der Waals surface area (Å²) in [6.07, 6.45) is 0. The van der Waals surface area contributed by atoms with Gasteiger partial charge in [-0.05, 0) is 54.0 Å². The first-order valence-electron chi connectivity index (χ1n) is 5.44. The highest BCUT2D eigenvalue weighted by atomic mass is 35.5. The molecule has 1 aliphatic rings. The lowest BCUT2D eigenvalue weighted by Gasteiger charge is -2.07. The van der Waals surface area contributed by atoms with Gasteiger partial charge in [0, 0.05) is 5.02 Å². The van der Waals surface area contributed by atoms with Gasteiger partial charge in [-0.1, -0.05) is 31.5 Å². The number of hydrogen-bond donors (Lipinski definition) is 1. The molecule has 15 heavy (non-hydrogen) atoms. The molecule has 0 unspecified atom stereocenters. The van der Waals surface area contributed by atoms with Gasteiger partial charge in [-0.25, -0.2) is 0 Å². The van der Waals surface area contributed by atoms with Crippen LogP contribution in [0.2, 0.25) is 5.02 Å². The molecule has 1 saturated carbocycles. The SMILES string of the molecule is Cc1cc(Cl)ccc1[C@@H]1[C@@H](CN)C1(C)C. The Balaban J connectivity index is 2.33. The quantitative estimate of drug-likeness (QED) is 0.818. The van der Waals surface area contributed by atoms with E-state index in [1.165, 1.54) is 11.1 Å². The van der Waals surface area contributed by atoms with Crippen molar-refractivity contribution in [1.82, 2.24) is 0 Å². The van der Waals surface area contributed by atoms with Gasteiger partial charge in [0.15, 0.2) is 0 Å². The van der Waals surface area contributed by atoms with Gasteiger partial charge < -0.3 is 5.73 Å². The second-order valence-corrected chi connectivity index (χ2v) is 5.58. The van der Waals surface area contributed by atoms with E-state index in [0.29, 0.717) is 17.3 Å². The fourth-order valence-electron chi connectivity index (χ4n) is 2.79. The molecule has 2 atom stereocenters. The van der Waals surface area contributed by atoms with Crippen LogP contribution in [0.25, 0.3) is 0 Å². The molecule has 0 spiro atoms. The fourth-order valence-corrected chi connectivity index (χ4v) is 3.02. The van der Waals surface area contributed by atoms with Crippen molar-refractivity contribution >= 4 is 11.6 Å². The number of aryl methyl sites for hydroxylation is 1. The monoisotopic (exact) mass is 223 g/mol. The van der Waals surface area contributed by atoms with E-state index in [1.54, 1.807) is 0 Å². The summed E-state index contributed by atoms with van der Waals surface area (Å²) < 4.78 is 0. The molecule has 1 fully saturated rings. The second-order valence-electron chi connectivity index (χ2n) is 5.14. The average Bonchev–Trinajstić information content (AvgIpc) is 2.68. The molecule has 0 bridgehead atoms. The Hall–Kier alpha value is -0.530. The van der Waals surface area contributed by atoms with Gasteiger partial charge in [0.2, 0.25) is 0 Å². The number of halogens is 1. The first-order valence-corrected chi connectivity index (χ1v) is 5.82. The molecule has 0 amide bonds. The third-order valence-corrected chi connectivity index (χ3v) is 4.11. The van der Waals surface area contributed by atoms with E-state index in [2.05, 4.69) is 26.8 Å². The van der Waals surface area contributed by atoms with E-state index >= 15 is 0 Å². The van der Waals surface area contributed by atoms with E-state index in [0.717, 1.165) is 11.6 Å². The van der Waals surface area contributed by atoms with Crippen molar-refractivity contribution in [2.45, 2.75) is 26.7 Å². The van der Waals surface area contributed by atoms with Crippen LogP contribution in [0.1, 0.15) is 30.9 Å². The summed E-state index contributed by atoms with van der Waals surface area (Å²) in [7, 11) is 0. The molecule has 1 nitrogen and oxygen atoms in total. The molecule has 0 aromatic heterocycles. The zero-order valence-corrected chi connectivity index (χ0v) is 10.3. The van der Waals surface area contributed by atoms with Crippen molar-refractivity contribution < 1.29 is 0 Å². The Morgan fingerprint density at radius 3 is 2.53 bits per heavy atom. The zero-order chi connectivity index (χ0) is 11.2. The van der Waals surface area contributed by atoms with Gasteiger partial charge in [-0.3, -0.25) is 0 Å². The van der Waals surface area contributed by atoms with Crippen LogP contribution < -0.4 is 5.73 Å². The maximum Gasteiger partial charge on any atom is 0.0408 e. The van der Waals surface area contributed by atoms with Crippen molar-refractivity contribution in [1.29, 1.82) is 0 Å². The Bertz CT molecular complexity index is 384. The number of benzene rings is 1. The van der Waals surface area contributed by atoms with Gasteiger partial charge in [0.25, 0.3) is 0 Å². The smallest absolute Gasteiger partial charge is 0.0408 e. The molecule has 2 heteroatoms. The summed E-state index contributed by atoms with van der Waals surface area (Å²) in [5, 5.41) is 0.819. The van der Waals surface area contributed by atoms with Crippen LogP contribution in [0.5, 0.6) is 0 Å². The zero-order valence-electron chi connectivity index (χ0n) is 9.55. The van der Waals surface area contributed by atoms with Crippen LogP contribution in [0.15, 0.2) is 18.2 Å². The molecule has 0 saturated heterocycles. The number of hydrogen-bond acceptors (Lipinski definition) is 1. The van der Waals surface area contributed by atoms with E-state index < -0.39 is 0 Å². The molecule has 2 rings (SSSR count). The Morgan fingerprint density at radius 2 is 2.07 bits per heavy atom. The van der Waals surface area contributed by atoms with Gasteiger partial charge in [-0.15, -0.1) is 0 Å². The molecule has 1 aromatic rings. The van der Waals surface area contributed by atoms with E-state index in [9.17, 15) is 0 Å². The Morgan fingerprint density at radius 1 is 1.40 bits per heavy atom. The van der Waals surface area contributed by atoms with Crippen LogP contribution in [0.4, 0.5) is 0 Å². The lowest BCUT2D eigenvalue weighted by Crippen LogP contribution is -2.05. The molecule has 2 N–H and O–H groups in total. The minimum Gasteiger partial charge on any atom is -0.330 e. The van der Waals surface area contributed by atoms with Crippen LogP contribution in [0, 0.1) is 18.3 Å². The Labute approximate surface area is 96.6 Å². The molecular formula is C13H18ClN. The van der Waals surface area contributed by atoms with Gasteiger partial charge in [0.05, 0.1) is 0 Å². The maximum atomic E-state index is 5.96. The summed E-state index contributed by atoms with van der Waals surface area (Å²) in [6, 6.07) is 6.17. The molecule has 82 valence electrons. The predicted octanol–water partition coefficient (Wildman–Crippen LogP) is 3.35. The first-order chi connectivity index (χ1) is 6.98. The van der Waals surface area contributed by atoms with Gasteiger partial charge >= 0.3 is 0 Å². The molecule has 0 heterocycles. The van der Waals surface area contributed by atoms with Crippen LogP contribution in [0.3, 0.4) is 0 Å².